The lowest BCUT2D eigenvalue weighted by atomic mass is 9.76. The SMILES string of the molecule is COc1cccc(C=C2CCC3CC=CC=C3C2=O)c1Cl. The van der Waals surface area contributed by atoms with E-state index >= 15 is 0 Å². The molecule has 0 spiro atoms. The van der Waals surface area contributed by atoms with Crippen molar-refractivity contribution in [3.8, 4) is 5.75 Å². The quantitative estimate of drug-likeness (QED) is 0.746. The maximum atomic E-state index is 12.6. The molecule has 2 aliphatic rings. The van der Waals surface area contributed by atoms with Crippen LogP contribution in [0.2, 0.25) is 5.02 Å². The molecular formula is C18H17ClO2. The Hall–Kier alpha value is -1.80. The average Bonchev–Trinajstić information content (AvgIpc) is 2.52. The molecule has 0 radical (unpaired) electrons. The number of fused-ring (bicyclic) bond motifs is 1. The summed E-state index contributed by atoms with van der Waals surface area (Å²) < 4.78 is 5.22. The summed E-state index contributed by atoms with van der Waals surface area (Å²) in [6.07, 6.45) is 10.8. The van der Waals surface area contributed by atoms with E-state index in [0.717, 1.165) is 36.0 Å². The number of carbonyl (C=O) groups is 1. The molecule has 0 bridgehead atoms. The van der Waals surface area contributed by atoms with Gasteiger partial charge in [0, 0.05) is 11.1 Å². The molecule has 0 N–H and O–H groups in total. The van der Waals surface area contributed by atoms with Crippen molar-refractivity contribution in [2.75, 3.05) is 7.11 Å². The van der Waals surface area contributed by atoms with Crippen LogP contribution < -0.4 is 4.74 Å². The summed E-state index contributed by atoms with van der Waals surface area (Å²) in [4.78, 5) is 12.6. The fourth-order valence-electron chi connectivity index (χ4n) is 2.96. The van der Waals surface area contributed by atoms with Crippen molar-refractivity contribution in [3.05, 3.63) is 58.2 Å². The van der Waals surface area contributed by atoms with Crippen molar-refractivity contribution in [3.63, 3.8) is 0 Å². The first-order valence-electron chi connectivity index (χ1n) is 7.15. The maximum absolute atomic E-state index is 12.6. The van der Waals surface area contributed by atoms with E-state index in [1.165, 1.54) is 0 Å². The summed E-state index contributed by atoms with van der Waals surface area (Å²) in [6.45, 7) is 0. The Morgan fingerprint density at radius 3 is 3.05 bits per heavy atom. The lowest BCUT2D eigenvalue weighted by Gasteiger charge is -2.27. The molecule has 1 fully saturated rings. The summed E-state index contributed by atoms with van der Waals surface area (Å²) in [7, 11) is 1.59. The molecular weight excluding hydrogens is 284 g/mol. The van der Waals surface area contributed by atoms with Crippen LogP contribution in [0.25, 0.3) is 6.08 Å². The fourth-order valence-corrected chi connectivity index (χ4v) is 3.22. The van der Waals surface area contributed by atoms with Gasteiger partial charge >= 0.3 is 0 Å². The maximum Gasteiger partial charge on any atom is 0.185 e. The number of hydrogen-bond donors (Lipinski definition) is 0. The van der Waals surface area contributed by atoms with Gasteiger partial charge in [0.05, 0.1) is 12.1 Å². The number of halogens is 1. The highest BCUT2D eigenvalue weighted by atomic mass is 35.5. The Bertz CT molecular complexity index is 668. The number of Topliss-reactive ketones (excluding diaryl/α,β-unsaturated/α-hetero) is 1. The third-order valence-corrected chi connectivity index (χ3v) is 4.54. The first-order chi connectivity index (χ1) is 10.2. The van der Waals surface area contributed by atoms with Gasteiger partial charge in [0.2, 0.25) is 0 Å². The van der Waals surface area contributed by atoms with Crippen LogP contribution in [0, 0.1) is 5.92 Å². The normalized spacial score (nSPS) is 23.0. The van der Waals surface area contributed by atoms with Crippen LogP contribution in [0.3, 0.4) is 0 Å². The minimum Gasteiger partial charge on any atom is -0.495 e. The van der Waals surface area contributed by atoms with Crippen LogP contribution in [0.5, 0.6) is 5.75 Å². The van der Waals surface area contributed by atoms with Crippen LogP contribution in [0.1, 0.15) is 24.8 Å². The molecule has 3 rings (SSSR count). The molecule has 0 saturated heterocycles. The second kappa shape index (κ2) is 5.90. The van der Waals surface area contributed by atoms with Gasteiger partial charge in [-0.3, -0.25) is 4.79 Å². The number of allylic oxidation sites excluding steroid dienone is 5. The van der Waals surface area contributed by atoms with E-state index < -0.39 is 0 Å². The Kier molecular flexibility index (Phi) is 3.98. The van der Waals surface area contributed by atoms with Gasteiger partial charge in [0.1, 0.15) is 5.75 Å². The van der Waals surface area contributed by atoms with Crippen LogP contribution >= 0.6 is 11.6 Å². The van der Waals surface area contributed by atoms with Gasteiger partial charge in [-0.25, -0.2) is 0 Å². The monoisotopic (exact) mass is 300 g/mol. The van der Waals surface area contributed by atoms with Crippen molar-refractivity contribution >= 4 is 23.5 Å². The van der Waals surface area contributed by atoms with E-state index in [1.54, 1.807) is 7.11 Å². The highest BCUT2D eigenvalue weighted by Crippen LogP contribution is 2.37. The zero-order valence-corrected chi connectivity index (χ0v) is 12.7. The van der Waals surface area contributed by atoms with Crippen LogP contribution in [-0.4, -0.2) is 12.9 Å². The summed E-state index contributed by atoms with van der Waals surface area (Å²) in [6, 6.07) is 5.61. The molecule has 1 aromatic rings. The Morgan fingerprint density at radius 2 is 2.24 bits per heavy atom. The molecule has 2 nitrogen and oxygen atoms in total. The first-order valence-corrected chi connectivity index (χ1v) is 7.53. The number of ketones is 1. The highest BCUT2D eigenvalue weighted by Gasteiger charge is 2.29. The number of benzene rings is 1. The third-order valence-electron chi connectivity index (χ3n) is 4.13. The number of carbonyl (C=O) groups excluding carboxylic acids is 1. The number of ether oxygens (including phenoxy) is 1. The van der Waals surface area contributed by atoms with Crippen molar-refractivity contribution in [2.45, 2.75) is 19.3 Å². The van der Waals surface area contributed by atoms with Gasteiger partial charge in [-0.05, 0) is 42.9 Å². The van der Waals surface area contributed by atoms with Crippen molar-refractivity contribution in [2.24, 2.45) is 5.92 Å². The van der Waals surface area contributed by atoms with Crippen LogP contribution in [-0.2, 0) is 4.79 Å². The molecule has 3 heteroatoms. The third kappa shape index (κ3) is 2.68. The predicted molar refractivity (Wildman–Crippen MR) is 85.6 cm³/mol. The van der Waals surface area contributed by atoms with Gasteiger partial charge in [0.15, 0.2) is 5.78 Å². The molecule has 0 aromatic heterocycles. The Balaban J connectivity index is 1.95. The summed E-state index contributed by atoms with van der Waals surface area (Å²) in [5.74, 6) is 1.18. The van der Waals surface area contributed by atoms with E-state index in [9.17, 15) is 4.79 Å². The molecule has 21 heavy (non-hydrogen) atoms. The molecule has 108 valence electrons. The van der Waals surface area contributed by atoms with E-state index in [0.29, 0.717) is 16.7 Å². The molecule has 0 amide bonds. The summed E-state index contributed by atoms with van der Waals surface area (Å²) >= 11 is 6.31. The fraction of sp³-hybridized carbons (Fsp3) is 0.278. The standard InChI is InChI=1S/C18H17ClO2/c1-21-16-8-4-6-13(17(16)19)11-14-10-9-12-5-2-3-7-15(12)18(14)20/h2-4,6-8,11-12H,5,9-10H2,1H3. The molecule has 0 aliphatic heterocycles. The van der Waals surface area contributed by atoms with E-state index in [2.05, 4.69) is 6.08 Å². The minimum atomic E-state index is 0.162. The van der Waals surface area contributed by atoms with Gasteiger partial charge in [-0.2, -0.15) is 0 Å². The van der Waals surface area contributed by atoms with Gasteiger partial charge in [0.25, 0.3) is 0 Å². The molecule has 1 saturated carbocycles. The minimum absolute atomic E-state index is 0.162. The van der Waals surface area contributed by atoms with Gasteiger partial charge in [-0.1, -0.05) is 42.0 Å². The summed E-state index contributed by atoms with van der Waals surface area (Å²) in [5, 5.41) is 0.556. The number of methoxy groups -OCH3 is 1. The Morgan fingerprint density at radius 1 is 1.38 bits per heavy atom. The molecule has 2 aliphatic carbocycles. The van der Waals surface area contributed by atoms with Gasteiger partial charge in [-0.15, -0.1) is 0 Å². The molecule has 1 atom stereocenters. The smallest absolute Gasteiger partial charge is 0.185 e. The predicted octanol–water partition coefficient (Wildman–Crippen LogP) is 4.60. The average molecular weight is 301 g/mol. The zero-order chi connectivity index (χ0) is 14.8. The molecule has 0 heterocycles. The summed E-state index contributed by atoms with van der Waals surface area (Å²) in [5.41, 5.74) is 2.61. The molecule has 1 aromatic carbocycles. The van der Waals surface area contributed by atoms with E-state index in [4.69, 9.17) is 16.3 Å². The first kappa shape index (κ1) is 14.2. The van der Waals surface area contributed by atoms with Crippen molar-refractivity contribution in [1.29, 1.82) is 0 Å². The number of rotatable bonds is 2. The van der Waals surface area contributed by atoms with E-state index in [1.807, 2.05) is 36.4 Å². The lowest BCUT2D eigenvalue weighted by Crippen LogP contribution is -2.22. The van der Waals surface area contributed by atoms with Crippen LogP contribution in [0.4, 0.5) is 0 Å². The second-order valence-corrected chi connectivity index (χ2v) is 5.76. The molecule has 1 unspecified atom stereocenters. The highest BCUT2D eigenvalue weighted by molar-refractivity contribution is 6.33. The zero-order valence-electron chi connectivity index (χ0n) is 11.9. The van der Waals surface area contributed by atoms with Crippen molar-refractivity contribution < 1.29 is 9.53 Å². The van der Waals surface area contributed by atoms with Crippen LogP contribution in [0.15, 0.2) is 47.6 Å². The largest absolute Gasteiger partial charge is 0.495 e. The number of hydrogen-bond acceptors (Lipinski definition) is 2. The second-order valence-electron chi connectivity index (χ2n) is 5.38. The van der Waals surface area contributed by atoms with Gasteiger partial charge < -0.3 is 4.74 Å². The van der Waals surface area contributed by atoms with E-state index in [-0.39, 0.29) is 5.78 Å². The topological polar surface area (TPSA) is 26.3 Å². The van der Waals surface area contributed by atoms with Crippen molar-refractivity contribution in [1.82, 2.24) is 0 Å². The Labute approximate surface area is 129 Å². The lowest BCUT2D eigenvalue weighted by molar-refractivity contribution is -0.113.